The molecule has 0 spiro atoms. The van der Waals surface area contributed by atoms with E-state index in [-0.39, 0.29) is 0 Å². The van der Waals surface area contributed by atoms with Gasteiger partial charge in [0.2, 0.25) is 0 Å². The van der Waals surface area contributed by atoms with Gasteiger partial charge in [-0.15, -0.1) is 0 Å². The molecule has 0 saturated carbocycles. The van der Waals surface area contributed by atoms with Gasteiger partial charge < -0.3 is 15.0 Å². The monoisotopic (exact) mass is 204 g/mol. The number of benzene rings is 1. The van der Waals surface area contributed by atoms with E-state index in [4.69, 9.17) is 10.5 Å². The van der Waals surface area contributed by atoms with Crippen molar-refractivity contribution in [2.24, 2.45) is 0 Å². The molecule has 0 bridgehead atoms. The minimum Gasteiger partial charge on any atom is -0.397 e. The molecule has 0 aliphatic heterocycles. The molecule has 15 heavy (non-hydrogen) atoms. The van der Waals surface area contributed by atoms with Gasteiger partial charge in [-0.05, 0) is 18.6 Å². The van der Waals surface area contributed by atoms with Gasteiger partial charge in [0, 0.05) is 31.8 Å². The second-order valence-corrected chi connectivity index (χ2v) is 3.64. The molecule has 0 radical (unpaired) electrons. The Morgan fingerprint density at radius 1 is 1.33 bits per heavy atom. The van der Waals surface area contributed by atoms with E-state index < -0.39 is 0 Å². The normalized spacial score (nSPS) is 11.0. The van der Waals surface area contributed by atoms with Crippen molar-refractivity contribution >= 4 is 16.6 Å². The van der Waals surface area contributed by atoms with Crippen molar-refractivity contribution in [1.82, 2.24) is 4.57 Å². The molecule has 1 heterocycles. The molecular weight excluding hydrogens is 188 g/mol. The molecule has 0 aliphatic carbocycles. The Morgan fingerprint density at radius 2 is 2.20 bits per heavy atom. The third kappa shape index (κ3) is 1.97. The van der Waals surface area contributed by atoms with Crippen molar-refractivity contribution in [3.05, 3.63) is 30.5 Å². The molecule has 0 unspecified atom stereocenters. The summed E-state index contributed by atoms with van der Waals surface area (Å²) >= 11 is 0. The van der Waals surface area contributed by atoms with Crippen LogP contribution in [-0.4, -0.2) is 18.3 Å². The highest BCUT2D eigenvalue weighted by Crippen LogP contribution is 2.22. The molecule has 2 N–H and O–H groups in total. The number of hydrogen-bond acceptors (Lipinski definition) is 2. The average Bonchev–Trinajstić information content (AvgIpc) is 2.63. The summed E-state index contributed by atoms with van der Waals surface area (Å²) in [5.74, 6) is 0. The maximum absolute atomic E-state index is 5.95. The smallest absolute Gasteiger partial charge is 0.0713 e. The summed E-state index contributed by atoms with van der Waals surface area (Å²) in [5, 5.41) is 1.20. The lowest BCUT2D eigenvalue weighted by Gasteiger charge is -2.06. The molecule has 3 heteroatoms. The highest BCUT2D eigenvalue weighted by atomic mass is 16.5. The third-order valence-corrected chi connectivity index (χ3v) is 2.57. The number of rotatable bonds is 4. The lowest BCUT2D eigenvalue weighted by Crippen LogP contribution is -2.01. The zero-order valence-corrected chi connectivity index (χ0v) is 8.94. The van der Waals surface area contributed by atoms with Gasteiger partial charge in [0.15, 0.2) is 0 Å². The number of hydrogen-bond donors (Lipinski definition) is 1. The van der Waals surface area contributed by atoms with Crippen molar-refractivity contribution in [1.29, 1.82) is 0 Å². The predicted octanol–water partition coefficient (Wildman–Crippen LogP) is 2.26. The number of anilines is 1. The zero-order chi connectivity index (χ0) is 10.7. The van der Waals surface area contributed by atoms with Crippen LogP contribution in [0.2, 0.25) is 0 Å². The molecule has 0 atom stereocenters. The van der Waals surface area contributed by atoms with Crippen molar-refractivity contribution in [2.75, 3.05) is 19.5 Å². The van der Waals surface area contributed by atoms with E-state index in [1.54, 1.807) is 7.11 Å². The van der Waals surface area contributed by atoms with Gasteiger partial charge in [-0.1, -0.05) is 12.1 Å². The van der Waals surface area contributed by atoms with Crippen LogP contribution in [0.4, 0.5) is 5.69 Å². The standard InChI is InChI=1S/C12H16N2O/c1-15-9-3-7-14-8-6-10-4-2-5-11(13)12(10)14/h2,4-6,8H,3,7,9,13H2,1H3. The third-order valence-electron chi connectivity index (χ3n) is 2.57. The fourth-order valence-corrected chi connectivity index (χ4v) is 1.86. The molecule has 2 rings (SSSR count). The van der Waals surface area contributed by atoms with E-state index in [9.17, 15) is 0 Å². The predicted molar refractivity (Wildman–Crippen MR) is 62.8 cm³/mol. The highest BCUT2D eigenvalue weighted by molar-refractivity contribution is 5.90. The first-order valence-electron chi connectivity index (χ1n) is 5.15. The number of nitrogens with two attached hydrogens (primary N) is 1. The van der Waals surface area contributed by atoms with Gasteiger partial charge in [-0.25, -0.2) is 0 Å². The lowest BCUT2D eigenvalue weighted by molar-refractivity contribution is 0.190. The van der Waals surface area contributed by atoms with E-state index in [0.717, 1.165) is 30.8 Å². The molecule has 1 aromatic carbocycles. The van der Waals surface area contributed by atoms with Crippen LogP contribution in [0.5, 0.6) is 0 Å². The highest BCUT2D eigenvalue weighted by Gasteiger charge is 2.03. The van der Waals surface area contributed by atoms with Gasteiger partial charge in [0.05, 0.1) is 11.2 Å². The molecule has 80 valence electrons. The molecule has 1 aromatic heterocycles. The van der Waals surface area contributed by atoms with E-state index in [1.807, 2.05) is 12.1 Å². The largest absolute Gasteiger partial charge is 0.397 e. The van der Waals surface area contributed by atoms with Crippen LogP contribution >= 0.6 is 0 Å². The van der Waals surface area contributed by atoms with Crippen LogP contribution in [-0.2, 0) is 11.3 Å². The summed E-state index contributed by atoms with van der Waals surface area (Å²) in [6.07, 6.45) is 3.09. The summed E-state index contributed by atoms with van der Waals surface area (Å²) in [6.45, 7) is 1.73. The van der Waals surface area contributed by atoms with Gasteiger partial charge in [0.1, 0.15) is 0 Å². The minimum atomic E-state index is 0.784. The summed E-state index contributed by atoms with van der Waals surface area (Å²) in [6, 6.07) is 8.10. The van der Waals surface area contributed by atoms with Crippen molar-refractivity contribution in [3.8, 4) is 0 Å². The van der Waals surface area contributed by atoms with E-state index in [2.05, 4.69) is 22.9 Å². The number of ether oxygens (including phenoxy) is 1. The first kappa shape index (κ1) is 10.1. The summed E-state index contributed by atoms with van der Waals surface area (Å²) in [5.41, 5.74) is 7.93. The second kappa shape index (κ2) is 4.36. The average molecular weight is 204 g/mol. The lowest BCUT2D eigenvalue weighted by atomic mass is 10.2. The van der Waals surface area contributed by atoms with Crippen molar-refractivity contribution < 1.29 is 4.74 Å². The van der Waals surface area contributed by atoms with Gasteiger partial charge in [-0.3, -0.25) is 0 Å². The number of nitrogens with zero attached hydrogens (tertiary/aromatic N) is 1. The van der Waals surface area contributed by atoms with Crippen LogP contribution in [0.1, 0.15) is 6.42 Å². The molecular formula is C12H16N2O. The number of aryl methyl sites for hydroxylation is 1. The SMILES string of the molecule is COCCCn1ccc2cccc(N)c21. The van der Waals surface area contributed by atoms with E-state index >= 15 is 0 Å². The van der Waals surface area contributed by atoms with Gasteiger partial charge in [0.25, 0.3) is 0 Å². The fraction of sp³-hybridized carbons (Fsp3) is 0.333. The topological polar surface area (TPSA) is 40.2 Å². The first-order chi connectivity index (χ1) is 7.33. The molecule has 0 fully saturated rings. The van der Waals surface area contributed by atoms with Crippen LogP contribution in [0.3, 0.4) is 0 Å². The number of para-hydroxylation sites is 1. The number of methoxy groups -OCH3 is 1. The fourth-order valence-electron chi connectivity index (χ4n) is 1.86. The molecule has 0 amide bonds. The Morgan fingerprint density at radius 3 is 3.00 bits per heavy atom. The minimum absolute atomic E-state index is 0.784. The van der Waals surface area contributed by atoms with Crippen LogP contribution < -0.4 is 5.73 Å². The Bertz CT molecular complexity index is 448. The summed E-state index contributed by atoms with van der Waals surface area (Å²) < 4.78 is 7.22. The number of fused-ring (bicyclic) bond motifs is 1. The Balaban J connectivity index is 2.27. The van der Waals surface area contributed by atoms with E-state index in [0.29, 0.717) is 0 Å². The van der Waals surface area contributed by atoms with Crippen LogP contribution in [0.15, 0.2) is 30.5 Å². The maximum atomic E-state index is 5.95. The van der Waals surface area contributed by atoms with Crippen molar-refractivity contribution in [3.63, 3.8) is 0 Å². The zero-order valence-electron chi connectivity index (χ0n) is 8.94. The van der Waals surface area contributed by atoms with Crippen molar-refractivity contribution in [2.45, 2.75) is 13.0 Å². The second-order valence-electron chi connectivity index (χ2n) is 3.64. The molecule has 2 aromatic rings. The summed E-state index contributed by atoms with van der Waals surface area (Å²) in [4.78, 5) is 0. The van der Waals surface area contributed by atoms with Gasteiger partial charge >= 0.3 is 0 Å². The Kier molecular flexibility index (Phi) is 2.92. The molecule has 3 nitrogen and oxygen atoms in total. The first-order valence-corrected chi connectivity index (χ1v) is 5.15. The summed E-state index contributed by atoms with van der Waals surface area (Å²) in [7, 11) is 1.72. The van der Waals surface area contributed by atoms with E-state index in [1.165, 1.54) is 5.39 Å². The van der Waals surface area contributed by atoms with Gasteiger partial charge in [-0.2, -0.15) is 0 Å². The van der Waals surface area contributed by atoms with Crippen LogP contribution in [0.25, 0.3) is 10.9 Å². The Labute approximate surface area is 89.4 Å². The Hall–Kier alpha value is -1.48. The number of nitrogen functional groups attached to an aromatic ring is 1. The quantitative estimate of drug-likeness (QED) is 0.613. The molecule has 0 aliphatic rings. The van der Waals surface area contributed by atoms with Crippen LogP contribution in [0, 0.1) is 0 Å². The maximum Gasteiger partial charge on any atom is 0.0713 e. The molecule has 0 saturated heterocycles. The number of aromatic nitrogens is 1.